The van der Waals surface area contributed by atoms with Crippen LogP contribution < -0.4 is 10.6 Å². The number of imidazole rings is 1. The molecule has 0 spiro atoms. The summed E-state index contributed by atoms with van der Waals surface area (Å²) in [5.41, 5.74) is 1.50. The molecule has 2 aromatic heterocycles. The van der Waals surface area contributed by atoms with Crippen molar-refractivity contribution in [1.29, 1.82) is 0 Å². The van der Waals surface area contributed by atoms with E-state index in [0.717, 1.165) is 5.69 Å². The van der Waals surface area contributed by atoms with Gasteiger partial charge in [-0.15, -0.1) is 0 Å². The van der Waals surface area contributed by atoms with Crippen molar-refractivity contribution in [3.05, 3.63) is 67.1 Å². The SMILES string of the molecule is CC(NC(=O)c1ccco1)C(=O)Nc1cccc(-n2ccnc2)c1. The molecule has 0 radical (unpaired) electrons. The van der Waals surface area contributed by atoms with Crippen molar-refractivity contribution in [1.82, 2.24) is 14.9 Å². The number of aromatic nitrogens is 2. The van der Waals surface area contributed by atoms with Crippen LogP contribution in [0.5, 0.6) is 0 Å². The van der Waals surface area contributed by atoms with Gasteiger partial charge in [0.2, 0.25) is 5.91 Å². The van der Waals surface area contributed by atoms with Gasteiger partial charge in [0.25, 0.3) is 5.91 Å². The second-order valence-corrected chi connectivity index (χ2v) is 5.18. The first kappa shape index (κ1) is 15.5. The van der Waals surface area contributed by atoms with Gasteiger partial charge in [-0.2, -0.15) is 0 Å². The molecule has 2 heterocycles. The highest BCUT2D eigenvalue weighted by molar-refractivity contribution is 5.99. The van der Waals surface area contributed by atoms with Crippen LogP contribution in [-0.2, 0) is 4.79 Å². The fourth-order valence-corrected chi connectivity index (χ4v) is 2.15. The quantitative estimate of drug-likeness (QED) is 0.753. The Morgan fingerprint density at radius 3 is 2.83 bits per heavy atom. The van der Waals surface area contributed by atoms with E-state index in [9.17, 15) is 9.59 Å². The van der Waals surface area contributed by atoms with E-state index in [1.807, 2.05) is 29.0 Å². The third-order valence-electron chi connectivity index (χ3n) is 3.40. The summed E-state index contributed by atoms with van der Waals surface area (Å²) in [4.78, 5) is 28.1. The summed E-state index contributed by atoms with van der Waals surface area (Å²) < 4.78 is 6.83. The van der Waals surface area contributed by atoms with Crippen LogP contribution in [0.25, 0.3) is 5.69 Å². The van der Waals surface area contributed by atoms with Crippen LogP contribution in [0.2, 0.25) is 0 Å². The first-order valence-electron chi connectivity index (χ1n) is 7.37. The first-order valence-corrected chi connectivity index (χ1v) is 7.37. The number of rotatable bonds is 5. The Bertz CT molecular complexity index is 825. The van der Waals surface area contributed by atoms with Gasteiger partial charge >= 0.3 is 0 Å². The van der Waals surface area contributed by atoms with E-state index in [-0.39, 0.29) is 11.7 Å². The largest absolute Gasteiger partial charge is 0.459 e. The highest BCUT2D eigenvalue weighted by Gasteiger charge is 2.18. The van der Waals surface area contributed by atoms with E-state index in [4.69, 9.17) is 4.42 Å². The predicted molar refractivity (Wildman–Crippen MR) is 87.8 cm³/mol. The third-order valence-corrected chi connectivity index (χ3v) is 3.40. The van der Waals surface area contributed by atoms with Gasteiger partial charge in [0.05, 0.1) is 12.6 Å². The zero-order chi connectivity index (χ0) is 16.9. The van der Waals surface area contributed by atoms with Crippen molar-refractivity contribution in [2.45, 2.75) is 13.0 Å². The average Bonchev–Trinajstić information content (AvgIpc) is 3.28. The Kier molecular flexibility index (Phi) is 4.42. The van der Waals surface area contributed by atoms with Crippen molar-refractivity contribution < 1.29 is 14.0 Å². The molecule has 0 aliphatic rings. The van der Waals surface area contributed by atoms with Crippen LogP contribution in [0.1, 0.15) is 17.5 Å². The van der Waals surface area contributed by atoms with Crippen LogP contribution in [0.3, 0.4) is 0 Å². The van der Waals surface area contributed by atoms with Crippen molar-refractivity contribution in [3.8, 4) is 5.69 Å². The Balaban J connectivity index is 1.64. The molecule has 7 heteroatoms. The molecule has 0 saturated carbocycles. The minimum absolute atomic E-state index is 0.164. The van der Waals surface area contributed by atoms with E-state index < -0.39 is 11.9 Å². The van der Waals surface area contributed by atoms with Gasteiger partial charge in [0, 0.05) is 23.8 Å². The lowest BCUT2D eigenvalue weighted by molar-refractivity contribution is -0.117. The van der Waals surface area contributed by atoms with E-state index in [0.29, 0.717) is 5.69 Å². The van der Waals surface area contributed by atoms with Gasteiger partial charge in [-0.05, 0) is 37.3 Å². The number of carbonyl (C=O) groups is 2. The second kappa shape index (κ2) is 6.82. The molecule has 3 aromatic rings. The summed E-state index contributed by atoms with van der Waals surface area (Å²) in [5, 5.41) is 5.36. The van der Waals surface area contributed by atoms with Crippen molar-refractivity contribution in [2.24, 2.45) is 0 Å². The number of furan rings is 1. The fourth-order valence-electron chi connectivity index (χ4n) is 2.15. The Morgan fingerprint density at radius 1 is 1.25 bits per heavy atom. The minimum atomic E-state index is -0.709. The van der Waals surface area contributed by atoms with Gasteiger partial charge < -0.3 is 19.6 Å². The second-order valence-electron chi connectivity index (χ2n) is 5.18. The fraction of sp³-hybridized carbons (Fsp3) is 0.118. The lowest BCUT2D eigenvalue weighted by Gasteiger charge is -2.14. The molecule has 24 heavy (non-hydrogen) atoms. The van der Waals surface area contributed by atoms with Crippen molar-refractivity contribution in [3.63, 3.8) is 0 Å². The average molecular weight is 324 g/mol. The molecule has 2 amide bonds. The van der Waals surface area contributed by atoms with Gasteiger partial charge in [-0.1, -0.05) is 6.07 Å². The number of hydrogen-bond acceptors (Lipinski definition) is 4. The maximum Gasteiger partial charge on any atom is 0.287 e. The zero-order valence-electron chi connectivity index (χ0n) is 13.0. The maximum absolute atomic E-state index is 12.2. The van der Waals surface area contributed by atoms with Crippen molar-refractivity contribution >= 4 is 17.5 Å². The Labute approximate surface area is 138 Å². The molecule has 2 N–H and O–H groups in total. The summed E-state index contributed by atoms with van der Waals surface area (Å²) >= 11 is 0. The topological polar surface area (TPSA) is 89.2 Å². The number of anilines is 1. The van der Waals surface area contributed by atoms with Gasteiger partial charge in [-0.3, -0.25) is 9.59 Å². The molecular weight excluding hydrogens is 308 g/mol. The molecule has 0 fully saturated rings. The number of nitrogens with one attached hydrogen (secondary N) is 2. The first-order chi connectivity index (χ1) is 11.6. The monoisotopic (exact) mass is 324 g/mol. The standard InChI is InChI=1S/C17H16N4O3/c1-12(19-17(23)15-6-3-9-24-15)16(22)20-13-4-2-5-14(10-13)21-8-7-18-11-21/h2-12H,1H3,(H,19,23)(H,20,22). The zero-order valence-corrected chi connectivity index (χ0v) is 13.0. The molecule has 0 aliphatic carbocycles. The molecule has 0 aliphatic heterocycles. The minimum Gasteiger partial charge on any atom is -0.459 e. The van der Waals surface area contributed by atoms with E-state index >= 15 is 0 Å². The highest BCUT2D eigenvalue weighted by atomic mass is 16.3. The molecule has 3 rings (SSSR count). The van der Waals surface area contributed by atoms with E-state index in [2.05, 4.69) is 15.6 Å². The summed E-state index contributed by atoms with van der Waals surface area (Å²) in [6.07, 6.45) is 6.57. The lowest BCUT2D eigenvalue weighted by Crippen LogP contribution is -2.41. The van der Waals surface area contributed by atoms with Crippen LogP contribution in [0.4, 0.5) is 5.69 Å². The van der Waals surface area contributed by atoms with Gasteiger partial charge in [-0.25, -0.2) is 4.98 Å². The number of hydrogen-bond donors (Lipinski definition) is 2. The van der Waals surface area contributed by atoms with E-state index in [1.165, 1.54) is 12.3 Å². The summed E-state index contributed by atoms with van der Waals surface area (Å²) in [5.74, 6) is -0.593. The molecule has 1 aromatic carbocycles. The summed E-state index contributed by atoms with van der Waals surface area (Å²) in [7, 11) is 0. The lowest BCUT2D eigenvalue weighted by atomic mass is 10.2. The van der Waals surface area contributed by atoms with E-state index in [1.54, 1.807) is 31.6 Å². The van der Waals surface area contributed by atoms with Gasteiger partial charge in [0.1, 0.15) is 6.04 Å². The number of nitrogens with zero attached hydrogens (tertiary/aromatic N) is 2. The molecule has 7 nitrogen and oxygen atoms in total. The molecule has 0 saturated heterocycles. The molecule has 1 unspecified atom stereocenters. The Morgan fingerprint density at radius 2 is 2.12 bits per heavy atom. The van der Waals surface area contributed by atoms with Crippen LogP contribution in [0.15, 0.2) is 65.8 Å². The molecule has 1 atom stereocenters. The number of carbonyl (C=O) groups excluding carboxylic acids is 2. The smallest absolute Gasteiger partial charge is 0.287 e. The van der Waals surface area contributed by atoms with Gasteiger partial charge in [0.15, 0.2) is 5.76 Å². The number of benzene rings is 1. The molecule has 122 valence electrons. The third kappa shape index (κ3) is 3.52. The van der Waals surface area contributed by atoms with Crippen LogP contribution >= 0.6 is 0 Å². The summed E-state index contributed by atoms with van der Waals surface area (Å²) in [6, 6.07) is 9.77. The van der Waals surface area contributed by atoms with Crippen LogP contribution in [-0.4, -0.2) is 27.4 Å². The molecular formula is C17H16N4O3. The van der Waals surface area contributed by atoms with Crippen molar-refractivity contribution in [2.75, 3.05) is 5.32 Å². The number of amides is 2. The Hall–Kier alpha value is -3.35. The maximum atomic E-state index is 12.2. The molecule has 0 bridgehead atoms. The van der Waals surface area contributed by atoms with Crippen LogP contribution in [0, 0.1) is 0 Å². The predicted octanol–water partition coefficient (Wildman–Crippen LogP) is 2.22. The highest BCUT2D eigenvalue weighted by Crippen LogP contribution is 2.14. The summed E-state index contributed by atoms with van der Waals surface area (Å²) in [6.45, 7) is 1.61. The normalized spacial score (nSPS) is 11.7.